The summed E-state index contributed by atoms with van der Waals surface area (Å²) in [6, 6.07) is 7.16. The molecule has 1 aromatic carbocycles. The highest BCUT2D eigenvalue weighted by Crippen LogP contribution is 2.72. The van der Waals surface area contributed by atoms with Crippen LogP contribution in [0, 0.1) is 34.5 Å². The Labute approximate surface area is 236 Å². The van der Waals surface area contributed by atoms with Crippen LogP contribution in [0.15, 0.2) is 47.6 Å². The third-order valence-electron chi connectivity index (χ3n) is 10.6. The molecule has 8 nitrogen and oxygen atoms in total. The Morgan fingerprint density at radius 2 is 1.88 bits per heavy atom. The smallest absolute Gasteiger partial charge is 0.414 e. The summed E-state index contributed by atoms with van der Waals surface area (Å²) in [5.41, 5.74) is -1.20. The Morgan fingerprint density at radius 1 is 1.18 bits per heavy atom. The van der Waals surface area contributed by atoms with E-state index in [1.54, 1.807) is 40.1 Å². The summed E-state index contributed by atoms with van der Waals surface area (Å²) in [6.07, 6.45) is 2.04. The highest BCUT2D eigenvalue weighted by molar-refractivity contribution is 5.96. The van der Waals surface area contributed by atoms with Crippen molar-refractivity contribution in [2.24, 2.45) is 34.5 Å². The van der Waals surface area contributed by atoms with Gasteiger partial charge in [-0.05, 0) is 73.6 Å². The van der Waals surface area contributed by atoms with Gasteiger partial charge in [-0.2, -0.15) is 0 Å². The number of anilines is 1. The van der Waals surface area contributed by atoms with Gasteiger partial charge >= 0.3 is 6.09 Å². The van der Waals surface area contributed by atoms with Crippen molar-refractivity contribution in [3.8, 4) is 5.75 Å². The summed E-state index contributed by atoms with van der Waals surface area (Å²) < 4.78 is 24.2. The van der Waals surface area contributed by atoms with Crippen molar-refractivity contribution in [3.63, 3.8) is 0 Å². The minimum atomic E-state index is -1.85. The molecule has 8 atom stereocenters. The number of benzene rings is 1. The number of ether oxygens (including phenoxy) is 4. The molecule has 1 spiro atoms. The predicted octanol–water partition coefficient (Wildman–Crippen LogP) is 4.90. The normalized spacial score (nSPS) is 40.3. The molecule has 5 aliphatic rings. The van der Waals surface area contributed by atoms with Gasteiger partial charge in [-0.1, -0.05) is 45.1 Å². The second-order valence-corrected chi connectivity index (χ2v) is 13.5. The molecule has 4 aliphatic carbocycles. The first-order chi connectivity index (χ1) is 18.7. The van der Waals surface area contributed by atoms with Crippen molar-refractivity contribution in [2.75, 3.05) is 25.7 Å². The Kier molecular flexibility index (Phi) is 5.95. The largest absolute Gasteiger partial charge is 0.495 e. The zero-order valence-electron chi connectivity index (χ0n) is 24.7. The lowest BCUT2D eigenvalue weighted by molar-refractivity contribution is -0.302. The molecule has 1 heterocycles. The third kappa shape index (κ3) is 3.48. The van der Waals surface area contributed by atoms with Crippen LogP contribution in [-0.2, 0) is 19.0 Å². The van der Waals surface area contributed by atoms with Crippen LogP contribution in [0.2, 0.25) is 0 Å². The molecule has 1 amide bonds. The van der Waals surface area contributed by atoms with E-state index >= 15 is 0 Å². The molecular weight excluding hydrogens is 510 g/mol. The van der Waals surface area contributed by atoms with Crippen LogP contribution in [0.5, 0.6) is 5.75 Å². The van der Waals surface area contributed by atoms with Crippen LogP contribution in [0.25, 0.3) is 0 Å². The van der Waals surface area contributed by atoms with Gasteiger partial charge in [0, 0.05) is 13.0 Å². The van der Waals surface area contributed by atoms with Crippen molar-refractivity contribution in [1.82, 2.24) is 0 Å². The SMILES string of the molecule is COc1ccccc1N(C)C(=O)O[C@H]1C(C)=C[C@]23C(=O)[C@@H](C=C4COC(C)(C)O[C@H]4[C@]12O)[C@H]1[C@@H](C[C@H]3C)C1(C)C. The molecule has 0 aromatic heterocycles. The van der Waals surface area contributed by atoms with E-state index in [2.05, 4.69) is 20.8 Å². The number of fused-ring (bicyclic) bond motifs is 5. The Balaban J connectivity index is 1.47. The summed E-state index contributed by atoms with van der Waals surface area (Å²) in [5.74, 6) is -0.527. The third-order valence-corrected chi connectivity index (χ3v) is 10.6. The molecule has 6 rings (SSSR count). The first kappa shape index (κ1) is 27.5. The molecule has 1 aliphatic heterocycles. The number of hydrogen-bond acceptors (Lipinski definition) is 7. The summed E-state index contributed by atoms with van der Waals surface area (Å²) in [4.78, 5) is 29.9. The quantitative estimate of drug-likeness (QED) is 0.534. The van der Waals surface area contributed by atoms with Crippen LogP contribution in [0.4, 0.5) is 10.5 Å². The number of allylic oxidation sites excluding steroid dienone is 1. The second kappa shape index (κ2) is 8.66. The number of nitrogens with zero attached hydrogens (tertiary/aromatic N) is 1. The Bertz CT molecular complexity index is 1330. The summed E-state index contributed by atoms with van der Waals surface area (Å²) in [5, 5.41) is 13.1. The van der Waals surface area contributed by atoms with Gasteiger partial charge in [-0.25, -0.2) is 4.79 Å². The molecule has 216 valence electrons. The number of amides is 1. The van der Waals surface area contributed by atoms with Gasteiger partial charge in [0.15, 0.2) is 23.3 Å². The fourth-order valence-electron chi connectivity index (χ4n) is 8.48. The van der Waals surface area contributed by atoms with Gasteiger partial charge in [-0.15, -0.1) is 0 Å². The maximum Gasteiger partial charge on any atom is 0.414 e. The van der Waals surface area contributed by atoms with E-state index in [1.165, 1.54) is 4.90 Å². The van der Waals surface area contributed by atoms with Gasteiger partial charge in [0.25, 0.3) is 0 Å². The van der Waals surface area contributed by atoms with Gasteiger partial charge in [0.1, 0.15) is 11.9 Å². The van der Waals surface area contributed by atoms with Gasteiger partial charge in [-0.3, -0.25) is 9.69 Å². The van der Waals surface area contributed by atoms with E-state index in [-0.39, 0.29) is 35.6 Å². The zero-order chi connectivity index (χ0) is 29.0. The van der Waals surface area contributed by atoms with Crippen molar-refractivity contribution in [3.05, 3.63) is 47.6 Å². The molecule has 1 N–H and O–H groups in total. The standard InChI is InChI=1S/C32H41NO7/c1-17-15-31-18(2)13-21-24(29(21,3)4)20(25(31)34)14-19-16-38-30(5,6)40-27(19)32(31,36)26(17)39-28(35)33(7)22-11-9-10-12-23(22)37-8/h9-12,14-15,18,20-21,24,26-27,36H,13,16H2,1-8H3/t18-,20+,21-,24+,26+,27-,31+,32-/m1/s1. The van der Waals surface area contributed by atoms with Gasteiger partial charge in [0.2, 0.25) is 0 Å². The number of para-hydroxylation sites is 2. The van der Waals surface area contributed by atoms with Crippen molar-refractivity contribution in [1.29, 1.82) is 0 Å². The molecule has 1 saturated heterocycles. The fraction of sp³-hybridized carbons (Fsp3) is 0.625. The van der Waals surface area contributed by atoms with E-state index in [9.17, 15) is 14.7 Å². The minimum Gasteiger partial charge on any atom is -0.495 e. The van der Waals surface area contributed by atoms with Crippen LogP contribution >= 0.6 is 0 Å². The first-order valence-corrected chi connectivity index (χ1v) is 14.3. The van der Waals surface area contributed by atoms with Crippen molar-refractivity contribution in [2.45, 2.75) is 71.6 Å². The number of methoxy groups -OCH3 is 1. The van der Waals surface area contributed by atoms with Crippen LogP contribution in [-0.4, -0.2) is 61.3 Å². The van der Waals surface area contributed by atoms with E-state index in [0.29, 0.717) is 22.9 Å². The highest BCUT2D eigenvalue weighted by Gasteiger charge is 2.77. The van der Waals surface area contributed by atoms with Gasteiger partial charge < -0.3 is 24.1 Å². The predicted molar refractivity (Wildman–Crippen MR) is 149 cm³/mol. The minimum absolute atomic E-state index is 0.0140. The molecule has 2 saturated carbocycles. The number of hydrogen-bond donors (Lipinski definition) is 1. The zero-order valence-corrected chi connectivity index (χ0v) is 24.7. The number of carbonyl (C=O) groups excluding carboxylic acids is 2. The van der Waals surface area contributed by atoms with E-state index in [1.807, 2.05) is 31.2 Å². The number of aliphatic hydroxyl groups is 1. The van der Waals surface area contributed by atoms with Crippen LogP contribution < -0.4 is 9.64 Å². The summed E-state index contributed by atoms with van der Waals surface area (Å²) in [7, 11) is 3.14. The fourth-order valence-corrected chi connectivity index (χ4v) is 8.48. The maximum atomic E-state index is 14.8. The molecule has 3 fully saturated rings. The van der Waals surface area contributed by atoms with Crippen molar-refractivity contribution >= 4 is 17.6 Å². The lowest BCUT2D eigenvalue weighted by atomic mass is 9.59. The lowest BCUT2D eigenvalue weighted by Gasteiger charge is -2.52. The number of rotatable bonds is 3. The molecule has 40 heavy (non-hydrogen) atoms. The maximum absolute atomic E-state index is 14.8. The second-order valence-electron chi connectivity index (χ2n) is 13.5. The molecular formula is C32H41NO7. The Morgan fingerprint density at radius 3 is 2.58 bits per heavy atom. The highest BCUT2D eigenvalue weighted by atomic mass is 16.7. The van der Waals surface area contributed by atoms with Crippen LogP contribution in [0.1, 0.15) is 48.0 Å². The molecule has 8 heteroatoms. The average Bonchev–Trinajstić information content (AvgIpc) is 3.40. The van der Waals surface area contributed by atoms with Crippen LogP contribution in [0.3, 0.4) is 0 Å². The lowest BCUT2D eigenvalue weighted by Crippen LogP contribution is -2.68. The average molecular weight is 552 g/mol. The molecule has 0 unspecified atom stereocenters. The number of Topliss-reactive ketones (excluding diaryl/α,β-unsaturated/α-hetero) is 1. The van der Waals surface area contributed by atoms with Gasteiger partial charge in [0.05, 0.1) is 24.8 Å². The first-order valence-electron chi connectivity index (χ1n) is 14.3. The molecule has 2 bridgehead atoms. The Hall–Kier alpha value is -2.68. The van der Waals surface area contributed by atoms with E-state index in [0.717, 1.165) is 12.0 Å². The van der Waals surface area contributed by atoms with E-state index in [4.69, 9.17) is 18.9 Å². The molecule has 0 radical (unpaired) electrons. The number of ketones is 1. The number of carbonyl (C=O) groups is 2. The summed E-state index contributed by atoms with van der Waals surface area (Å²) in [6.45, 7) is 12.2. The molecule has 1 aromatic rings. The monoisotopic (exact) mass is 551 g/mol. The van der Waals surface area contributed by atoms with Crippen molar-refractivity contribution < 1.29 is 33.6 Å². The topological polar surface area (TPSA) is 94.5 Å². The summed E-state index contributed by atoms with van der Waals surface area (Å²) >= 11 is 0. The van der Waals surface area contributed by atoms with E-state index < -0.39 is 35.1 Å².